The number of amides is 2. The fourth-order valence-corrected chi connectivity index (χ4v) is 5.58. The number of benzene rings is 1. The van der Waals surface area contributed by atoms with Gasteiger partial charge in [-0.1, -0.05) is 71.7 Å². The minimum atomic E-state index is -1.42. The predicted molar refractivity (Wildman–Crippen MR) is 160 cm³/mol. The first-order valence-corrected chi connectivity index (χ1v) is 15.4. The number of azide groups is 1. The molecule has 0 aliphatic rings. The highest BCUT2D eigenvalue weighted by Gasteiger charge is 2.25. The van der Waals surface area contributed by atoms with Crippen LogP contribution in [-0.2, 0) is 25.7 Å². The summed E-state index contributed by atoms with van der Waals surface area (Å²) in [5.41, 5.74) is 8.95. The number of carbonyl (C=O) groups is 3. The molecular formula is C26H42N6O7S2. The quantitative estimate of drug-likeness (QED) is 0.0405. The van der Waals surface area contributed by atoms with Gasteiger partial charge in [0.05, 0.1) is 6.61 Å². The van der Waals surface area contributed by atoms with Crippen LogP contribution in [0.1, 0.15) is 66.4 Å². The van der Waals surface area contributed by atoms with E-state index in [1.807, 2.05) is 0 Å². The van der Waals surface area contributed by atoms with Gasteiger partial charge in [-0.25, -0.2) is 9.59 Å². The maximum absolute atomic E-state index is 12.9. The molecule has 0 aliphatic heterocycles. The molecule has 0 bridgehead atoms. The van der Waals surface area contributed by atoms with E-state index < -0.39 is 36.2 Å². The number of carbonyl (C=O) groups excluding carboxylic acids is 2. The summed E-state index contributed by atoms with van der Waals surface area (Å²) >= 11 is 0. The Labute approximate surface area is 248 Å². The maximum atomic E-state index is 12.9. The number of aliphatic hydroxyl groups excluding tert-OH is 1. The molecule has 0 spiro atoms. The van der Waals surface area contributed by atoms with E-state index in [-0.39, 0.29) is 30.2 Å². The molecule has 0 saturated carbocycles. The van der Waals surface area contributed by atoms with Crippen molar-refractivity contribution in [3.05, 3.63) is 40.3 Å². The van der Waals surface area contributed by atoms with Gasteiger partial charge >= 0.3 is 12.1 Å². The smallest absolute Gasteiger partial charge is 0.408 e. The fourth-order valence-electron chi connectivity index (χ4n) is 3.10. The molecule has 1 aromatic rings. The molecule has 0 aromatic heterocycles. The number of carboxylic acid groups (broad SMARTS) is 1. The van der Waals surface area contributed by atoms with Crippen molar-refractivity contribution in [2.75, 3.05) is 12.3 Å². The third-order valence-electron chi connectivity index (χ3n) is 4.92. The number of aliphatic carboxylic acids is 1. The summed E-state index contributed by atoms with van der Waals surface area (Å²) in [5.74, 6) is -1.15. The summed E-state index contributed by atoms with van der Waals surface area (Å²) in [7, 11) is 3.10. The normalized spacial score (nSPS) is 13.8. The molecule has 1 rings (SSSR count). The number of hydrogen-bond donors (Lipinski definition) is 5. The number of carboxylic acids is 1. The van der Waals surface area contributed by atoms with Crippen molar-refractivity contribution in [1.82, 2.24) is 16.0 Å². The second kappa shape index (κ2) is 18.0. The molecule has 1 aromatic carbocycles. The summed E-state index contributed by atoms with van der Waals surface area (Å²) < 4.78 is 10.5. The van der Waals surface area contributed by atoms with Crippen LogP contribution < -0.4 is 16.0 Å². The SMILES string of the molecule is CC(C)(C)OC(=O)N[C@@H](CCCCNC(=O)[C@H](CSSC(C)(C)C)NC(O)OCc1ccc(N=[N+]=[N-])cc1)C(=O)O. The van der Waals surface area contributed by atoms with Crippen molar-refractivity contribution in [2.24, 2.45) is 5.11 Å². The highest BCUT2D eigenvalue weighted by atomic mass is 33.1. The van der Waals surface area contributed by atoms with E-state index in [4.69, 9.17) is 15.0 Å². The van der Waals surface area contributed by atoms with E-state index in [9.17, 15) is 24.6 Å². The van der Waals surface area contributed by atoms with Crippen molar-refractivity contribution in [3.8, 4) is 0 Å². The zero-order chi connectivity index (χ0) is 31.1. The predicted octanol–water partition coefficient (Wildman–Crippen LogP) is 4.82. The topological polar surface area (TPSA) is 195 Å². The van der Waals surface area contributed by atoms with E-state index in [0.717, 1.165) is 5.56 Å². The lowest BCUT2D eigenvalue weighted by molar-refractivity contribution is -0.143. The van der Waals surface area contributed by atoms with Crippen LogP contribution >= 0.6 is 21.6 Å². The number of ether oxygens (including phenoxy) is 2. The van der Waals surface area contributed by atoms with Crippen molar-refractivity contribution in [3.63, 3.8) is 0 Å². The lowest BCUT2D eigenvalue weighted by atomic mass is 10.1. The number of nitrogens with zero attached hydrogens (tertiary/aromatic N) is 3. The minimum absolute atomic E-state index is 0.0312. The zero-order valence-corrected chi connectivity index (χ0v) is 26.0. The van der Waals surface area contributed by atoms with Crippen LogP contribution in [-0.4, -0.2) is 69.3 Å². The lowest BCUT2D eigenvalue weighted by Crippen LogP contribution is -2.50. The molecule has 5 N–H and O–H groups in total. The van der Waals surface area contributed by atoms with Gasteiger partial charge in [0.1, 0.15) is 17.7 Å². The lowest BCUT2D eigenvalue weighted by Gasteiger charge is -2.23. The third-order valence-corrected chi connectivity index (χ3v) is 8.27. The molecule has 0 saturated heterocycles. The van der Waals surface area contributed by atoms with E-state index >= 15 is 0 Å². The van der Waals surface area contributed by atoms with E-state index in [1.54, 1.807) is 55.8 Å². The van der Waals surface area contributed by atoms with Gasteiger partial charge in [0, 0.05) is 27.6 Å². The maximum Gasteiger partial charge on any atom is 0.408 e. The molecule has 0 fully saturated rings. The molecule has 1 unspecified atom stereocenters. The highest BCUT2D eigenvalue weighted by Crippen LogP contribution is 2.35. The van der Waals surface area contributed by atoms with Crippen LogP contribution in [0.15, 0.2) is 29.4 Å². The van der Waals surface area contributed by atoms with Crippen LogP contribution in [0.25, 0.3) is 10.4 Å². The Morgan fingerprint density at radius 3 is 2.29 bits per heavy atom. The van der Waals surface area contributed by atoms with Gasteiger partial charge in [0.25, 0.3) is 0 Å². The van der Waals surface area contributed by atoms with Gasteiger partial charge in [-0.05, 0) is 51.1 Å². The van der Waals surface area contributed by atoms with Gasteiger partial charge in [0.2, 0.25) is 12.3 Å². The highest BCUT2D eigenvalue weighted by molar-refractivity contribution is 8.77. The van der Waals surface area contributed by atoms with E-state index in [2.05, 4.69) is 46.7 Å². The molecule has 0 aliphatic carbocycles. The molecule has 2 amide bonds. The third kappa shape index (κ3) is 17.7. The summed E-state index contributed by atoms with van der Waals surface area (Å²) in [6, 6.07) is 4.78. The van der Waals surface area contributed by atoms with Crippen LogP contribution in [0, 0.1) is 0 Å². The van der Waals surface area contributed by atoms with E-state index in [1.165, 1.54) is 10.8 Å². The average molecular weight is 615 g/mol. The Kier molecular flexibility index (Phi) is 15.9. The Bertz CT molecular complexity index is 1020. The van der Waals surface area contributed by atoms with Crippen LogP contribution in [0.3, 0.4) is 0 Å². The van der Waals surface area contributed by atoms with Crippen molar-refractivity contribution < 1.29 is 34.1 Å². The number of alkyl carbamates (subject to hydrolysis) is 1. The first-order chi connectivity index (χ1) is 19.1. The molecule has 0 radical (unpaired) electrons. The Hall–Kier alpha value is -2.68. The number of unbranched alkanes of at least 4 members (excludes halogenated alkanes) is 1. The number of rotatable bonds is 17. The monoisotopic (exact) mass is 614 g/mol. The largest absolute Gasteiger partial charge is 0.480 e. The molecule has 13 nitrogen and oxygen atoms in total. The van der Waals surface area contributed by atoms with Crippen molar-refractivity contribution in [2.45, 2.75) is 96.3 Å². The number of hydrogen-bond acceptors (Lipinski definition) is 10. The van der Waals surface area contributed by atoms with Crippen molar-refractivity contribution in [1.29, 1.82) is 0 Å². The fraction of sp³-hybridized carbons (Fsp3) is 0.654. The summed E-state index contributed by atoms with van der Waals surface area (Å²) in [6.07, 6.45) is -1.14. The standard InChI is InChI=1S/C26H42N6O7S2/c1-25(2,3)39-24(37)29-19(22(34)35)9-7-8-14-28-21(33)20(16-40-41-26(4,5)6)30-23(36)38-15-17-10-12-18(13-11-17)31-32-27/h10-13,19-20,23,30,36H,7-9,14-16H2,1-6H3,(H,28,33)(H,29,37)(H,34,35)/t19-,20-,23?/m0/s1. The molecule has 15 heteroatoms. The number of nitrogens with one attached hydrogen (secondary N) is 3. The summed E-state index contributed by atoms with van der Waals surface area (Å²) in [6.45, 7) is 11.6. The second-order valence-corrected chi connectivity index (χ2v) is 14.2. The summed E-state index contributed by atoms with van der Waals surface area (Å²) in [4.78, 5) is 39.1. The first-order valence-electron chi connectivity index (χ1n) is 13.1. The van der Waals surface area contributed by atoms with Crippen molar-refractivity contribution >= 4 is 45.2 Å². The first kappa shape index (κ1) is 36.3. The Morgan fingerprint density at radius 1 is 1.07 bits per heavy atom. The van der Waals surface area contributed by atoms with Gasteiger partial charge in [-0.2, -0.15) is 0 Å². The molecular weight excluding hydrogens is 572 g/mol. The van der Waals surface area contributed by atoms with Crippen LogP contribution in [0.4, 0.5) is 10.5 Å². The van der Waals surface area contributed by atoms with Gasteiger partial charge in [-0.3, -0.25) is 10.1 Å². The van der Waals surface area contributed by atoms with E-state index in [0.29, 0.717) is 24.3 Å². The molecule has 230 valence electrons. The molecule has 41 heavy (non-hydrogen) atoms. The minimum Gasteiger partial charge on any atom is -0.480 e. The second-order valence-electron chi connectivity index (χ2n) is 11.0. The van der Waals surface area contributed by atoms with Gasteiger partial charge in [0.15, 0.2) is 0 Å². The molecule has 0 heterocycles. The van der Waals surface area contributed by atoms with Gasteiger partial charge < -0.3 is 30.3 Å². The number of aliphatic hydroxyl groups is 1. The van der Waals surface area contributed by atoms with Crippen LogP contribution in [0.2, 0.25) is 0 Å². The van der Waals surface area contributed by atoms with Crippen LogP contribution in [0.5, 0.6) is 0 Å². The average Bonchev–Trinajstić information content (AvgIpc) is 2.85. The molecule has 3 atom stereocenters. The zero-order valence-electron chi connectivity index (χ0n) is 24.4. The Balaban J connectivity index is 2.59. The Morgan fingerprint density at radius 2 is 1.73 bits per heavy atom. The van der Waals surface area contributed by atoms with Gasteiger partial charge in [-0.15, -0.1) is 0 Å². The summed E-state index contributed by atoms with van der Waals surface area (Å²) in [5, 5.41) is 31.3.